The van der Waals surface area contributed by atoms with E-state index >= 15 is 0 Å². The smallest absolute Gasteiger partial charge is 0.124 e. The summed E-state index contributed by atoms with van der Waals surface area (Å²) in [5, 5.41) is 0. The van der Waals surface area contributed by atoms with Crippen molar-refractivity contribution in [1.29, 1.82) is 0 Å². The third kappa shape index (κ3) is 3.19. The highest BCUT2D eigenvalue weighted by molar-refractivity contribution is 9.10. The van der Waals surface area contributed by atoms with Crippen LogP contribution in [0.25, 0.3) is 0 Å². The van der Waals surface area contributed by atoms with Crippen LogP contribution in [0.3, 0.4) is 0 Å². The summed E-state index contributed by atoms with van der Waals surface area (Å²) in [4.78, 5) is 2.48. The van der Waals surface area contributed by atoms with Crippen molar-refractivity contribution in [3.63, 3.8) is 0 Å². The van der Waals surface area contributed by atoms with Gasteiger partial charge in [0.1, 0.15) is 5.82 Å². The number of nitrogens with zero attached hydrogens (tertiary/aromatic N) is 1. The van der Waals surface area contributed by atoms with Crippen molar-refractivity contribution in [1.82, 2.24) is 4.90 Å². The minimum Gasteiger partial charge on any atom is -0.299 e. The predicted octanol–water partition coefficient (Wildman–Crippen LogP) is 4.74. The molecular weight excluding hydrogens is 305 g/mol. The predicted molar refractivity (Wildman–Crippen MR) is 79.5 cm³/mol. The van der Waals surface area contributed by atoms with Gasteiger partial charge in [-0.1, -0.05) is 28.8 Å². The van der Waals surface area contributed by atoms with E-state index in [2.05, 4.69) is 20.8 Å². The van der Waals surface area contributed by atoms with Gasteiger partial charge >= 0.3 is 0 Å². The molecule has 19 heavy (non-hydrogen) atoms. The Labute approximate surface area is 123 Å². The first-order chi connectivity index (χ1) is 9.15. The molecule has 1 aliphatic carbocycles. The van der Waals surface area contributed by atoms with Crippen LogP contribution in [0.1, 0.15) is 44.1 Å². The number of hydrogen-bond acceptors (Lipinski definition) is 1. The zero-order valence-electron chi connectivity index (χ0n) is 11.3. The first-order valence-electron chi connectivity index (χ1n) is 7.33. The molecule has 1 saturated carbocycles. The van der Waals surface area contributed by atoms with Gasteiger partial charge in [-0.05, 0) is 68.0 Å². The molecular formula is C16H21BrFN. The molecule has 1 aliphatic heterocycles. The van der Waals surface area contributed by atoms with Crippen LogP contribution in [0.4, 0.5) is 4.39 Å². The lowest BCUT2D eigenvalue weighted by Gasteiger charge is -2.39. The first kappa shape index (κ1) is 13.6. The van der Waals surface area contributed by atoms with Crippen molar-refractivity contribution in [2.45, 2.75) is 45.1 Å². The minimum atomic E-state index is -0.145. The maximum Gasteiger partial charge on any atom is 0.124 e. The van der Waals surface area contributed by atoms with Crippen LogP contribution in [-0.4, -0.2) is 18.0 Å². The Bertz CT molecular complexity index is 424. The normalized spacial score (nSPS) is 23.1. The maximum absolute atomic E-state index is 13.4. The third-order valence-corrected chi connectivity index (χ3v) is 5.37. The zero-order valence-corrected chi connectivity index (χ0v) is 12.9. The highest BCUT2D eigenvalue weighted by Crippen LogP contribution is 2.46. The molecule has 1 aromatic carbocycles. The Morgan fingerprint density at radius 3 is 2.37 bits per heavy atom. The molecule has 1 heterocycles. The molecule has 0 N–H and O–H groups in total. The molecule has 1 saturated heterocycles. The fourth-order valence-electron chi connectivity index (χ4n) is 3.77. The number of benzene rings is 1. The van der Waals surface area contributed by atoms with Crippen molar-refractivity contribution in [2.24, 2.45) is 5.41 Å². The van der Waals surface area contributed by atoms with Crippen LogP contribution in [0.5, 0.6) is 0 Å². The molecule has 0 amide bonds. The summed E-state index contributed by atoms with van der Waals surface area (Å²) in [7, 11) is 0. The quantitative estimate of drug-likeness (QED) is 0.758. The Morgan fingerprint density at radius 2 is 1.74 bits per heavy atom. The number of halogens is 2. The van der Waals surface area contributed by atoms with Crippen LogP contribution in [-0.2, 0) is 6.54 Å². The van der Waals surface area contributed by atoms with Gasteiger partial charge in [-0.2, -0.15) is 0 Å². The summed E-state index contributed by atoms with van der Waals surface area (Å²) in [5.74, 6) is -0.145. The summed E-state index contributed by atoms with van der Waals surface area (Å²) in [5.41, 5.74) is 1.74. The van der Waals surface area contributed by atoms with Crippen LogP contribution in [0, 0.1) is 11.2 Å². The molecule has 0 radical (unpaired) electrons. The molecule has 0 aromatic heterocycles. The van der Waals surface area contributed by atoms with Gasteiger partial charge in [0.05, 0.1) is 0 Å². The average Bonchev–Trinajstić information content (AvgIpc) is 2.80. The van der Waals surface area contributed by atoms with Gasteiger partial charge in [-0.15, -0.1) is 0 Å². The van der Waals surface area contributed by atoms with E-state index in [9.17, 15) is 4.39 Å². The SMILES string of the molecule is Fc1cc(Br)cc(CN2CCC3(CCCC3)CC2)c1. The summed E-state index contributed by atoms with van der Waals surface area (Å²) in [6.45, 7) is 3.23. The van der Waals surface area contributed by atoms with Gasteiger partial charge in [0.25, 0.3) is 0 Å². The summed E-state index contributed by atoms with van der Waals surface area (Å²) < 4.78 is 14.2. The van der Waals surface area contributed by atoms with Gasteiger partial charge < -0.3 is 0 Å². The van der Waals surface area contributed by atoms with E-state index in [0.29, 0.717) is 5.41 Å². The Balaban J connectivity index is 1.59. The average molecular weight is 326 g/mol. The van der Waals surface area contributed by atoms with Crippen molar-refractivity contribution in [3.8, 4) is 0 Å². The molecule has 104 valence electrons. The van der Waals surface area contributed by atoms with Gasteiger partial charge in [0.2, 0.25) is 0 Å². The van der Waals surface area contributed by atoms with Crippen molar-refractivity contribution >= 4 is 15.9 Å². The number of rotatable bonds is 2. The molecule has 1 aromatic rings. The molecule has 1 spiro atoms. The second-order valence-electron chi connectivity index (χ2n) is 6.26. The highest BCUT2D eigenvalue weighted by Gasteiger charge is 2.36. The lowest BCUT2D eigenvalue weighted by atomic mass is 9.77. The molecule has 1 nitrogen and oxygen atoms in total. The number of hydrogen-bond donors (Lipinski definition) is 0. The molecule has 0 atom stereocenters. The van der Waals surface area contributed by atoms with Crippen molar-refractivity contribution in [2.75, 3.05) is 13.1 Å². The van der Waals surface area contributed by atoms with Gasteiger partial charge in [-0.25, -0.2) is 4.39 Å². The van der Waals surface area contributed by atoms with Crippen molar-refractivity contribution < 1.29 is 4.39 Å². The van der Waals surface area contributed by atoms with E-state index in [1.165, 1.54) is 57.7 Å². The first-order valence-corrected chi connectivity index (χ1v) is 8.12. The minimum absolute atomic E-state index is 0.145. The standard InChI is InChI=1S/C16H21BrFN/c17-14-9-13(10-15(18)11-14)12-19-7-5-16(6-8-19)3-1-2-4-16/h9-11H,1-8,12H2. The third-order valence-electron chi connectivity index (χ3n) is 4.91. The molecule has 2 aliphatic rings. The maximum atomic E-state index is 13.4. The monoisotopic (exact) mass is 325 g/mol. The fraction of sp³-hybridized carbons (Fsp3) is 0.625. The van der Waals surface area contributed by atoms with Crippen LogP contribution >= 0.6 is 15.9 Å². The van der Waals surface area contributed by atoms with Crippen LogP contribution in [0.2, 0.25) is 0 Å². The lowest BCUT2D eigenvalue weighted by molar-refractivity contribution is 0.103. The summed E-state index contributed by atoms with van der Waals surface area (Å²) in [6.07, 6.45) is 8.40. The summed E-state index contributed by atoms with van der Waals surface area (Å²) in [6, 6.07) is 5.21. The van der Waals surface area contributed by atoms with Crippen LogP contribution in [0.15, 0.2) is 22.7 Å². The van der Waals surface area contributed by atoms with E-state index in [-0.39, 0.29) is 5.82 Å². The summed E-state index contributed by atoms with van der Waals surface area (Å²) >= 11 is 3.37. The number of likely N-dealkylation sites (tertiary alicyclic amines) is 1. The second-order valence-corrected chi connectivity index (χ2v) is 7.18. The molecule has 0 unspecified atom stereocenters. The fourth-order valence-corrected chi connectivity index (χ4v) is 4.28. The zero-order chi connectivity index (χ0) is 13.3. The van der Waals surface area contributed by atoms with Crippen LogP contribution < -0.4 is 0 Å². The van der Waals surface area contributed by atoms with E-state index < -0.39 is 0 Å². The topological polar surface area (TPSA) is 3.24 Å². The molecule has 3 rings (SSSR count). The Morgan fingerprint density at radius 1 is 1.05 bits per heavy atom. The van der Waals surface area contributed by atoms with E-state index in [1.807, 2.05) is 6.07 Å². The van der Waals surface area contributed by atoms with Gasteiger partial charge in [0.15, 0.2) is 0 Å². The second kappa shape index (κ2) is 5.53. The Kier molecular flexibility index (Phi) is 3.95. The largest absolute Gasteiger partial charge is 0.299 e. The van der Waals surface area contributed by atoms with E-state index in [4.69, 9.17) is 0 Å². The van der Waals surface area contributed by atoms with E-state index in [0.717, 1.165) is 16.6 Å². The lowest BCUT2D eigenvalue weighted by Crippen LogP contribution is -2.38. The molecule has 0 bridgehead atoms. The van der Waals surface area contributed by atoms with E-state index in [1.54, 1.807) is 6.07 Å². The number of piperidine rings is 1. The highest BCUT2D eigenvalue weighted by atomic mass is 79.9. The molecule has 2 fully saturated rings. The van der Waals surface area contributed by atoms with Gasteiger partial charge in [0, 0.05) is 11.0 Å². The molecule has 3 heteroatoms. The van der Waals surface area contributed by atoms with Crippen molar-refractivity contribution in [3.05, 3.63) is 34.1 Å². The Hall–Kier alpha value is -0.410. The van der Waals surface area contributed by atoms with Gasteiger partial charge in [-0.3, -0.25) is 4.90 Å².